The first-order valence-corrected chi connectivity index (χ1v) is 16.7. The lowest BCUT2D eigenvalue weighted by Crippen LogP contribution is -2.47. The molecule has 1 aromatic heterocycles. The Bertz CT molecular complexity index is 1570. The normalized spacial score (nSPS) is 20.4. The molecule has 3 aromatic rings. The van der Waals surface area contributed by atoms with E-state index in [-0.39, 0.29) is 34.7 Å². The molecule has 2 saturated heterocycles. The van der Waals surface area contributed by atoms with Gasteiger partial charge in [-0.2, -0.15) is 4.31 Å². The van der Waals surface area contributed by atoms with E-state index in [1.165, 1.54) is 16.4 Å². The molecule has 2 aliphatic rings. The summed E-state index contributed by atoms with van der Waals surface area (Å²) in [7, 11) is -7.25. The molecule has 0 bridgehead atoms. The number of aromatic nitrogens is 1. The number of benzene rings is 2. The summed E-state index contributed by atoms with van der Waals surface area (Å²) in [5.41, 5.74) is 0.235. The number of nitrogens with one attached hydrogen (secondary N) is 1. The van der Waals surface area contributed by atoms with Gasteiger partial charge in [0, 0.05) is 37.3 Å². The quantitative estimate of drug-likeness (QED) is 0.292. The second-order valence-electron chi connectivity index (χ2n) is 10.5. The van der Waals surface area contributed by atoms with Crippen molar-refractivity contribution in [3.63, 3.8) is 0 Å². The van der Waals surface area contributed by atoms with Crippen LogP contribution in [0.1, 0.15) is 19.3 Å². The highest BCUT2D eigenvalue weighted by Gasteiger charge is 2.44. The number of nitrogens with zero attached hydrogens (tertiary/aromatic N) is 2. The standard InChI is InChI=1S/C28H35N3O8S2/c32-13-14-40(34,35)25-5-1-4-24(15-25)38-20-23(33)18-30-22-17-28(39-19-22)8-11-31(12-9-28)41(36,37)26-7-6-21-3-2-10-29-27(21)16-26/h1-7,10,15-16,22-23,30,32-33H,8-9,11-14,17-20H2/t22-,23?/m1/s1. The van der Waals surface area contributed by atoms with Crippen LogP contribution in [0.4, 0.5) is 0 Å². The van der Waals surface area contributed by atoms with Gasteiger partial charge in [-0.25, -0.2) is 16.8 Å². The third-order valence-electron chi connectivity index (χ3n) is 7.67. The predicted molar refractivity (Wildman–Crippen MR) is 152 cm³/mol. The Morgan fingerprint density at radius 3 is 2.66 bits per heavy atom. The van der Waals surface area contributed by atoms with E-state index >= 15 is 0 Å². The number of aliphatic hydroxyl groups excluding tert-OH is 2. The third-order valence-corrected chi connectivity index (χ3v) is 11.3. The van der Waals surface area contributed by atoms with Crippen molar-refractivity contribution in [1.29, 1.82) is 0 Å². The average molecular weight is 606 g/mol. The molecule has 1 spiro atoms. The molecule has 2 aliphatic heterocycles. The first kappa shape index (κ1) is 29.8. The number of pyridine rings is 1. The van der Waals surface area contributed by atoms with Crippen LogP contribution in [-0.4, -0.2) is 99.3 Å². The highest BCUT2D eigenvalue weighted by molar-refractivity contribution is 7.91. The summed E-state index contributed by atoms with van der Waals surface area (Å²) in [6, 6.07) is 14.7. The molecule has 2 atom stereocenters. The number of ether oxygens (including phenoxy) is 2. The molecule has 0 radical (unpaired) electrons. The summed E-state index contributed by atoms with van der Waals surface area (Å²) in [4.78, 5) is 4.57. The number of piperidine rings is 1. The number of hydrogen-bond donors (Lipinski definition) is 3. The minimum absolute atomic E-state index is 0.00585. The SMILES string of the molecule is O=S(=O)(CCO)c1cccc(OCC(O)CN[C@H]2COC3(CCN(S(=O)(=O)c4ccc5cccnc5c4)CC3)C2)c1. The lowest BCUT2D eigenvalue weighted by atomic mass is 9.88. The van der Waals surface area contributed by atoms with Gasteiger partial charge in [0.2, 0.25) is 10.0 Å². The second-order valence-corrected chi connectivity index (χ2v) is 14.6. The molecule has 13 heteroatoms. The van der Waals surface area contributed by atoms with E-state index in [0.29, 0.717) is 50.2 Å². The summed E-state index contributed by atoms with van der Waals surface area (Å²) in [6.07, 6.45) is 2.67. The largest absolute Gasteiger partial charge is 0.491 e. The Kier molecular flexibility index (Phi) is 8.95. The van der Waals surface area contributed by atoms with Crippen molar-refractivity contribution >= 4 is 30.8 Å². The zero-order valence-corrected chi connectivity index (χ0v) is 24.2. The number of fused-ring (bicyclic) bond motifs is 1. The van der Waals surface area contributed by atoms with Crippen LogP contribution in [0.5, 0.6) is 5.75 Å². The Balaban J connectivity index is 1.09. The smallest absolute Gasteiger partial charge is 0.243 e. The van der Waals surface area contributed by atoms with Crippen LogP contribution in [0.25, 0.3) is 10.9 Å². The lowest BCUT2D eigenvalue weighted by molar-refractivity contribution is -0.0312. The molecule has 222 valence electrons. The van der Waals surface area contributed by atoms with Crippen molar-refractivity contribution in [2.75, 3.05) is 45.2 Å². The van der Waals surface area contributed by atoms with Crippen LogP contribution in [0.3, 0.4) is 0 Å². The topological polar surface area (TPSA) is 155 Å². The summed E-state index contributed by atoms with van der Waals surface area (Å²) < 4.78 is 64.2. The Labute approximate surface area is 240 Å². The minimum atomic E-state index is -3.65. The van der Waals surface area contributed by atoms with Gasteiger partial charge < -0.3 is 25.0 Å². The van der Waals surface area contributed by atoms with Gasteiger partial charge in [0.25, 0.3) is 0 Å². The van der Waals surface area contributed by atoms with Crippen LogP contribution >= 0.6 is 0 Å². The fourth-order valence-electron chi connectivity index (χ4n) is 5.36. The molecular formula is C28H35N3O8S2. The van der Waals surface area contributed by atoms with Crippen molar-refractivity contribution < 1.29 is 36.5 Å². The minimum Gasteiger partial charge on any atom is -0.491 e. The Morgan fingerprint density at radius 2 is 1.88 bits per heavy atom. The molecule has 3 N–H and O–H groups in total. The zero-order valence-electron chi connectivity index (χ0n) is 22.6. The fourth-order valence-corrected chi connectivity index (χ4v) is 7.88. The number of rotatable bonds is 11. The molecule has 0 aliphatic carbocycles. The molecule has 0 saturated carbocycles. The first-order chi connectivity index (χ1) is 19.6. The number of hydrogen-bond acceptors (Lipinski definition) is 10. The van der Waals surface area contributed by atoms with E-state index in [4.69, 9.17) is 14.6 Å². The maximum atomic E-state index is 13.3. The van der Waals surface area contributed by atoms with Crippen molar-refractivity contribution in [2.24, 2.45) is 0 Å². The maximum absolute atomic E-state index is 13.3. The van der Waals surface area contributed by atoms with Crippen molar-refractivity contribution in [2.45, 2.75) is 46.8 Å². The van der Waals surface area contributed by atoms with Gasteiger partial charge in [-0.15, -0.1) is 0 Å². The monoisotopic (exact) mass is 605 g/mol. The lowest BCUT2D eigenvalue weighted by Gasteiger charge is -2.38. The number of aliphatic hydroxyl groups is 2. The highest BCUT2D eigenvalue weighted by Crippen LogP contribution is 2.37. The third kappa shape index (κ3) is 6.88. The molecule has 0 amide bonds. The molecule has 2 aromatic carbocycles. The molecule has 11 nitrogen and oxygen atoms in total. The zero-order chi connectivity index (χ0) is 29.1. The van der Waals surface area contributed by atoms with Gasteiger partial charge in [0.15, 0.2) is 9.84 Å². The highest BCUT2D eigenvalue weighted by atomic mass is 32.2. The van der Waals surface area contributed by atoms with Gasteiger partial charge in [-0.3, -0.25) is 4.98 Å². The van der Waals surface area contributed by atoms with E-state index in [0.717, 1.165) is 5.39 Å². The van der Waals surface area contributed by atoms with Gasteiger partial charge in [-0.1, -0.05) is 18.2 Å². The number of sulfone groups is 1. The number of sulfonamides is 1. The first-order valence-electron chi connectivity index (χ1n) is 13.6. The summed E-state index contributed by atoms with van der Waals surface area (Å²) in [5.74, 6) is -0.0582. The van der Waals surface area contributed by atoms with Crippen molar-refractivity contribution in [1.82, 2.24) is 14.6 Å². The Hall–Kier alpha value is -2.65. The predicted octanol–water partition coefficient (Wildman–Crippen LogP) is 1.34. The Morgan fingerprint density at radius 1 is 1.07 bits per heavy atom. The van der Waals surface area contributed by atoms with Crippen LogP contribution in [0.2, 0.25) is 0 Å². The second kappa shape index (κ2) is 12.3. The van der Waals surface area contributed by atoms with Gasteiger partial charge in [0.1, 0.15) is 18.5 Å². The van der Waals surface area contributed by atoms with E-state index in [2.05, 4.69) is 10.3 Å². The molecule has 2 fully saturated rings. The van der Waals surface area contributed by atoms with E-state index in [9.17, 15) is 21.9 Å². The van der Waals surface area contributed by atoms with Crippen molar-refractivity contribution in [3.05, 3.63) is 60.8 Å². The fraction of sp³-hybridized carbons (Fsp3) is 0.464. The summed E-state index contributed by atoms with van der Waals surface area (Å²) in [5, 5.41) is 23.6. The van der Waals surface area contributed by atoms with Crippen LogP contribution in [0.15, 0.2) is 70.6 Å². The van der Waals surface area contributed by atoms with Crippen molar-refractivity contribution in [3.8, 4) is 5.75 Å². The van der Waals surface area contributed by atoms with Gasteiger partial charge in [-0.05, 0) is 55.7 Å². The molecule has 1 unspecified atom stereocenters. The molecule has 41 heavy (non-hydrogen) atoms. The average Bonchev–Trinajstić information content (AvgIpc) is 3.37. The van der Waals surface area contributed by atoms with Gasteiger partial charge in [0.05, 0.1) is 39.9 Å². The maximum Gasteiger partial charge on any atom is 0.243 e. The molecule has 5 rings (SSSR count). The van der Waals surface area contributed by atoms with E-state index < -0.39 is 38.2 Å². The summed E-state index contributed by atoms with van der Waals surface area (Å²) in [6.45, 7) is 0.930. The van der Waals surface area contributed by atoms with Crippen LogP contribution in [-0.2, 0) is 24.6 Å². The molecule has 3 heterocycles. The van der Waals surface area contributed by atoms with Crippen LogP contribution < -0.4 is 10.1 Å². The van der Waals surface area contributed by atoms with Gasteiger partial charge >= 0.3 is 0 Å². The van der Waals surface area contributed by atoms with Crippen LogP contribution in [0, 0.1) is 0 Å². The molecular weight excluding hydrogens is 570 g/mol. The summed E-state index contributed by atoms with van der Waals surface area (Å²) >= 11 is 0. The van der Waals surface area contributed by atoms with E-state index in [1.54, 1.807) is 36.5 Å². The van der Waals surface area contributed by atoms with E-state index in [1.807, 2.05) is 12.1 Å².